The van der Waals surface area contributed by atoms with Crippen LogP contribution in [0.3, 0.4) is 0 Å². The molecule has 0 radical (unpaired) electrons. The molecule has 0 unspecified atom stereocenters. The van der Waals surface area contributed by atoms with Crippen LogP contribution >= 0.6 is 12.2 Å². The molecule has 0 atom stereocenters. The Kier molecular flexibility index (Phi) is 4.20. The van der Waals surface area contributed by atoms with Crippen LogP contribution < -0.4 is 5.73 Å². The second-order valence-corrected chi connectivity index (χ2v) is 5.85. The second-order valence-electron chi connectivity index (χ2n) is 5.32. The molecule has 0 spiro atoms. The normalized spacial score (nSPS) is 14.2. The zero-order valence-electron chi connectivity index (χ0n) is 11.5. The van der Waals surface area contributed by atoms with Gasteiger partial charge in [0, 0.05) is 24.6 Å². The Bertz CT molecular complexity index is 489. The quantitative estimate of drug-likeness (QED) is 0.841. The fraction of sp³-hybridized carbons (Fsp3) is 0.467. The molecule has 1 amide bonds. The van der Waals surface area contributed by atoms with Crippen molar-refractivity contribution in [1.29, 1.82) is 0 Å². The number of thiocarbonyl (C=S) groups is 1. The third-order valence-electron chi connectivity index (χ3n) is 3.32. The smallest absolute Gasteiger partial charge is 0.254 e. The van der Waals surface area contributed by atoms with Gasteiger partial charge in [0.15, 0.2) is 0 Å². The van der Waals surface area contributed by atoms with Crippen LogP contribution in [-0.2, 0) is 0 Å². The third-order valence-corrected chi connectivity index (χ3v) is 3.52. The maximum absolute atomic E-state index is 12.6. The summed E-state index contributed by atoms with van der Waals surface area (Å²) < 4.78 is 0. The number of benzene rings is 1. The number of nitrogens with two attached hydrogens (primary N) is 1. The van der Waals surface area contributed by atoms with Crippen LogP contribution in [-0.4, -0.2) is 28.4 Å². The van der Waals surface area contributed by atoms with Gasteiger partial charge in [-0.25, -0.2) is 0 Å². The van der Waals surface area contributed by atoms with Gasteiger partial charge >= 0.3 is 0 Å². The number of nitrogens with zero attached hydrogens (tertiary/aromatic N) is 1. The highest BCUT2D eigenvalue weighted by Gasteiger charge is 2.32. The number of carbonyl (C=O) groups is 1. The first-order valence-electron chi connectivity index (χ1n) is 6.65. The summed E-state index contributed by atoms with van der Waals surface area (Å²) >= 11 is 4.91. The summed E-state index contributed by atoms with van der Waals surface area (Å²) in [5, 5.41) is 0. The zero-order chi connectivity index (χ0) is 14.0. The maximum atomic E-state index is 12.6. The van der Waals surface area contributed by atoms with Crippen molar-refractivity contribution in [1.82, 2.24) is 4.90 Å². The lowest BCUT2D eigenvalue weighted by Crippen LogP contribution is -2.35. The standard InChI is InChI=1S/C15H20N2OS/c1-10-7-11(2)9-12(8-10)15(18)17(13-3-4-13)6-5-14(16)19/h7-9,13H,3-6H2,1-2H3,(H2,16,19). The molecular formula is C15H20N2OS. The van der Waals surface area contributed by atoms with Gasteiger partial charge in [0.2, 0.25) is 0 Å². The van der Waals surface area contributed by atoms with Gasteiger partial charge in [-0.1, -0.05) is 29.4 Å². The van der Waals surface area contributed by atoms with E-state index in [1.807, 2.05) is 30.9 Å². The topological polar surface area (TPSA) is 46.3 Å². The summed E-state index contributed by atoms with van der Waals surface area (Å²) in [7, 11) is 0. The van der Waals surface area contributed by atoms with E-state index in [1.54, 1.807) is 0 Å². The Labute approximate surface area is 119 Å². The molecule has 4 heteroatoms. The van der Waals surface area contributed by atoms with Gasteiger partial charge in [-0.3, -0.25) is 4.79 Å². The molecule has 1 saturated carbocycles. The summed E-state index contributed by atoms with van der Waals surface area (Å²) in [6.07, 6.45) is 2.78. The van der Waals surface area contributed by atoms with Gasteiger partial charge < -0.3 is 10.6 Å². The van der Waals surface area contributed by atoms with Crippen molar-refractivity contribution in [2.75, 3.05) is 6.54 Å². The Morgan fingerprint density at radius 1 is 1.32 bits per heavy atom. The fourth-order valence-corrected chi connectivity index (χ4v) is 2.42. The molecule has 0 heterocycles. The monoisotopic (exact) mass is 276 g/mol. The van der Waals surface area contributed by atoms with Crippen molar-refractivity contribution in [3.05, 3.63) is 34.9 Å². The number of rotatable bonds is 5. The SMILES string of the molecule is Cc1cc(C)cc(C(=O)N(CCC(N)=S)C2CC2)c1. The first kappa shape index (κ1) is 14.0. The Hall–Kier alpha value is -1.42. The third kappa shape index (κ3) is 3.77. The number of hydrogen-bond acceptors (Lipinski definition) is 2. The van der Waals surface area contributed by atoms with E-state index in [9.17, 15) is 4.79 Å². The van der Waals surface area contributed by atoms with Gasteiger partial charge in [-0.15, -0.1) is 0 Å². The van der Waals surface area contributed by atoms with Crippen LogP contribution in [0.4, 0.5) is 0 Å². The van der Waals surface area contributed by atoms with E-state index in [0.29, 0.717) is 24.0 Å². The average molecular weight is 276 g/mol. The number of hydrogen-bond donors (Lipinski definition) is 1. The molecule has 0 aliphatic heterocycles. The van der Waals surface area contributed by atoms with Crippen molar-refractivity contribution in [3.63, 3.8) is 0 Å². The molecule has 1 aliphatic rings. The number of amides is 1. The van der Waals surface area contributed by atoms with Crippen LogP contribution in [0.25, 0.3) is 0 Å². The predicted octanol–water partition coefficient (Wildman–Crippen LogP) is 2.58. The average Bonchev–Trinajstić information content (AvgIpc) is 3.11. The lowest BCUT2D eigenvalue weighted by atomic mass is 10.1. The van der Waals surface area contributed by atoms with E-state index < -0.39 is 0 Å². The van der Waals surface area contributed by atoms with Crippen LogP contribution in [0.5, 0.6) is 0 Å². The summed E-state index contributed by atoms with van der Waals surface area (Å²) in [4.78, 5) is 15.0. The van der Waals surface area contributed by atoms with E-state index in [-0.39, 0.29) is 5.91 Å². The van der Waals surface area contributed by atoms with Gasteiger partial charge in [-0.2, -0.15) is 0 Å². The first-order chi connectivity index (χ1) is 8.97. The highest BCUT2D eigenvalue weighted by atomic mass is 32.1. The van der Waals surface area contributed by atoms with Crippen LogP contribution in [0.2, 0.25) is 0 Å². The molecule has 2 rings (SSSR count). The molecule has 1 aromatic rings. The molecule has 0 bridgehead atoms. The molecular weight excluding hydrogens is 256 g/mol. The van der Waals surface area contributed by atoms with Crippen molar-refractivity contribution in [2.45, 2.75) is 39.2 Å². The van der Waals surface area contributed by atoms with Crippen molar-refractivity contribution in [3.8, 4) is 0 Å². The van der Waals surface area contributed by atoms with Crippen molar-refractivity contribution in [2.24, 2.45) is 5.73 Å². The van der Waals surface area contributed by atoms with E-state index >= 15 is 0 Å². The van der Waals surface area contributed by atoms with E-state index in [0.717, 1.165) is 29.5 Å². The Balaban J connectivity index is 2.16. The number of aryl methyl sites for hydroxylation is 2. The van der Waals surface area contributed by atoms with Crippen molar-refractivity contribution >= 4 is 23.1 Å². The molecule has 3 nitrogen and oxygen atoms in total. The zero-order valence-corrected chi connectivity index (χ0v) is 12.3. The van der Waals surface area contributed by atoms with Crippen LogP contribution in [0.15, 0.2) is 18.2 Å². The highest BCUT2D eigenvalue weighted by Crippen LogP contribution is 2.28. The lowest BCUT2D eigenvalue weighted by molar-refractivity contribution is 0.0748. The van der Waals surface area contributed by atoms with Gasteiger partial charge in [-0.05, 0) is 38.8 Å². The second kappa shape index (κ2) is 5.70. The van der Waals surface area contributed by atoms with E-state index in [1.165, 1.54) is 0 Å². The first-order valence-corrected chi connectivity index (χ1v) is 7.06. The van der Waals surface area contributed by atoms with Crippen LogP contribution in [0, 0.1) is 13.8 Å². The van der Waals surface area contributed by atoms with Crippen LogP contribution in [0.1, 0.15) is 40.7 Å². The molecule has 102 valence electrons. The Morgan fingerprint density at radius 3 is 2.37 bits per heavy atom. The lowest BCUT2D eigenvalue weighted by Gasteiger charge is -2.22. The highest BCUT2D eigenvalue weighted by molar-refractivity contribution is 7.80. The van der Waals surface area contributed by atoms with E-state index in [2.05, 4.69) is 6.07 Å². The van der Waals surface area contributed by atoms with Gasteiger partial charge in [0.05, 0.1) is 4.99 Å². The summed E-state index contributed by atoms with van der Waals surface area (Å²) in [5.41, 5.74) is 8.55. The molecule has 1 fully saturated rings. The molecule has 2 N–H and O–H groups in total. The molecule has 0 saturated heterocycles. The summed E-state index contributed by atoms with van der Waals surface area (Å²) in [5.74, 6) is 0.102. The molecule has 1 aromatic carbocycles. The number of carbonyl (C=O) groups excluding carboxylic acids is 1. The minimum absolute atomic E-state index is 0.102. The molecule has 1 aliphatic carbocycles. The molecule has 19 heavy (non-hydrogen) atoms. The predicted molar refractivity (Wildman–Crippen MR) is 81.4 cm³/mol. The summed E-state index contributed by atoms with van der Waals surface area (Å²) in [6, 6.07) is 6.35. The Morgan fingerprint density at radius 2 is 1.89 bits per heavy atom. The minimum atomic E-state index is 0.102. The largest absolute Gasteiger partial charge is 0.393 e. The van der Waals surface area contributed by atoms with Gasteiger partial charge in [0.25, 0.3) is 5.91 Å². The van der Waals surface area contributed by atoms with E-state index in [4.69, 9.17) is 18.0 Å². The fourth-order valence-electron chi connectivity index (χ4n) is 2.33. The minimum Gasteiger partial charge on any atom is -0.393 e. The van der Waals surface area contributed by atoms with Gasteiger partial charge in [0.1, 0.15) is 0 Å². The summed E-state index contributed by atoms with van der Waals surface area (Å²) in [6.45, 7) is 4.66. The molecule has 0 aromatic heterocycles. The maximum Gasteiger partial charge on any atom is 0.254 e. The van der Waals surface area contributed by atoms with Crippen molar-refractivity contribution < 1.29 is 4.79 Å².